The predicted molar refractivity (Wildman–Crippen MR) is 136 cm³/mol. The number of carbonyl (C=O) groups is 1. The number of benzene rings is 3. The van der Waals surface area contributed by atoms with Crippen molar-refractivity contribution in [1.82, 2.24) is 9.88 Å². The molecule has 2 unspecified atom stereocenters. The monoisotopic (exact) mass is 450 g/mol. The molecule has 1 N–H and O–H groups in total. The summed E-state index contributed by atoms with van der Waals surface area (Å²) >= 11 is 0. The minimum absolute atomic E-state index is 0.0229. The van der Waals surface area contributed by atoms with E-state index in [9.17, 15) is 4.79 Å². The molecule has 4 heteroatoms. The number of fused-ring (bicyclic) bond motifs is 4. The summed E-state index contributed by atoms with van der Waals surface area (Å²) in [5, 5.41) is 1.33. The summed E-state index contributed by atoms with van der Waals surface area (Å²) in [5.41, 5.74) is 7.35. The maximum Gasteiger partial charge on any atom is 0.253 e. The Labute approximate surface area is 200 Å². The number of carbonyl (C=O) groups excluding carboxylic acids is 1. The molecule has 0 radical (unpaired) electrons. The quantitative estimate of drug-likeness (QED) is 0.436. The number of amides is 1. The van der Waals surface area contributed by atoms with Gasteiger partial charge in [0.15, 0.2) is 0 Å². The average molecular weight is 451 g/mol. The highest BCUT2D eigenvalue weighted by molar-refractivity contribution is 5.94. The van der Waals surface area contributed by atoms with Gasteiger partial charge in [0.25, 0.3) is 5.91 Å². The third-order valence-corrected chi connectivity index (χ3v) is 8.10. The molecule has 2 aliphatic rings. The summed E-state index contributed by atoms with van der Waals surface area (Å²) in [5.74, 6) is 1.37. The SMILES string of the molecule is COc1cccc(C23CCN(C(=O)c4ccccc4)CC2Cc2c([nH]c4ccc(C)cc24)C3)c1. The van der Waals surface area contributed by atoms with Gasteiger partial charge < -0.3 is 14.6 Å². The van der Waals surface area contributed by atoms with Gasteiger partial charge in [0.2, 0.25) is 0 Å². The maximum absolute atomic E-state index is 13.4. The molecule has 0 spiro atoms. The van der Waals surface area contributed by atoms with Gasteiger partial charge in [-0.25, -0.2) is 0 Å². The summed E-state index contributed by atoms with van der Waals surface area (Å²) in [4.78, 5) is 19.2. The van der Waals surface area contributed by atoms with Gasteiger partial charge in [-0.15, -0.1) is 0 Å². The highest BCUT2D eigenvalue weighted by Crippen LogP contribution is 2.49. The van der Waals surface area contributed by atoms with Crippen LogP contribution in [-0.4, -0.2) is 36.0 Å². The third-order valence-electron chi connectivity index (χ3n) is 8.10. The number of methoxy groups -OCH3 is 1. The van der Waals surface area contributed by atoms with Crippen molar-refractivity contribution in [3.63, 3.8) is 0 Å². The normalized spacial score (nSPS) is 21.7. The van der Waals surface area contributed by atoms with E-state index in [1.165, 1.54) is 33.3 Å². The molecule has 1 fully saturated rings. The standard InChI is InChI=1S/C30H30N2O2/c1-20-11-12-27-25(15-20)26-17-23-19-32(29(33)21-7-4-3-5-8-21)14-13-30(23,18-28(26)31-27)22-9-6-10-24(16-22)34-2/h3-12,15-16,23,31H,13-14,17-19H2,1-2H3. The molecule has 0 bridgehead atoms. The number of aromatic amines is 1. The minimum atomic E-state index is -0.0229. The second kappa shape index (κ2) is 8.05. The molecule has 1 aliphatic carbocycles. The molecular formula is C30H30N2O2. The lowest BCUT2D eigenvalue weighted by Crippen LogP contribution is -2.55. The van der Waals surface area contributed by atoms with Crippen LogP contribution in [0.2, 0.25) is 0 Å². The Morgan fingerprint density at radius 1 is 1.06 bits per heavy atom. The number of aromatic nitrogens is 1. The Bertz CT molecular complexity index is 1370. The number of nitrogens with one attached hydrogen (secondary N) is 1. The van der Waals surface area contributed by atoms with Crippen molar-refractivity contribution in [3.8, 4) is 5.75 Å². The molecule has 4 aromatic rings. The Kier molecular flexibility index (Phi) is 4.98. The van der Waals surface area contributed by atoms with Crippen LogP contribution in [-0.2, 0) is 18.3 Å². The Morgan fingerprint density at radius 2 is 1.91 bits per heavy atom. The fraction of sp³-hybridized carbons (Fsp3) is 0.300. The number of aryl methyl sites for hydroxylation is 1. The second-order valence-electron chi connectivity index (χ2n) is 9.96. The Balaban J connectivity index is 1.44. The number of likely N-dealkylation sites (tertiary alicyclic amines) is 1. The first kappa shape index (κ1) is 21.0. The molecule has 6 rings (SSSR count). The molecule has 2 heterocycles. The zero-order valence-electron chi connectivity index (χ0n) is 19.8. The van der Waals surface area contributed by atoms with E-state index in [1.807, 2.05) is 36.4 Å². The summed E-state index contributed by atoms with van der Waals surface area (Å²) in [6, 6.07) is 25.0. The molecular weight excluding hydrogens is 420 g/mol. The van der Waals surface area contributed by atoms with Crippen molar-refractivity contribution < 1.29 is 9.53 Å². The Morgan fingerprint density at radius 3 is 2.74 bits per heavy atom. The van der Waals surface area contributed by atoms with Gasteiger partial charge >= 0.3 is 0 Å². The van der Waals surface area contributed by atoms with Crippen molar-refractivity contribution in [2.75, 3.05) is 20.2 Å². The number of nitrogens with zero attached hydrogens (tertiary/aromatic N) is 1. The van der Waals surface area contributed by atoms with Crippen molar-refractivity contribution in [1.29, 1.82) is 0 Å². The second-order valence-corrected chi connectivity index (χ2v) is 9.96. The Hall–Kier alpha value is -3.53. The highest BCUT2D eigenvalue weighted by atomic mass is 16.5. The molecule has 34 heavy (non-hydrogen) atoms. The van der Waals surface area contributed by atoms with Crippen LogP contribution in [0.3, 0.4) is 0 Å². The molecule has 1 saturated heterocycles. The number of hydrogen-bond donors (Lipinski definition) is 1. The molecule has 1 amide bonds. The van der Waals surface area contributed by atoms with Crippen molar-refractivity contribution in [3.05, 3.63) is 101 Å². The number of hydrogen-bond acceptors (Lipinski definition) is 2. The van der Waals surface area contributed by atoms with Gasteiger partial charge in [-0.1, -0.05) is 42.0 Å². The highest BCUT2D eigenvalue weighted by Gasteiger charge is 2.49. The predicted octanol–water partition coefficient (Wildman–Crippen LogP) is 5.68. The molecule has 0 saturated carbocycles. The van der Waals surface area contributed by atoms with Gasteiger partial charge in [0.1, 0.15) is 5.75 Å². The van der Waals surface area contributed by atoms with Gasteiger partial charge in [-0.05, 0) is 79.6 Å². The first-order valence-electron chi connectivity index (χ1n) is 12.2. The topological polar surface area (TPSA) is 45.3 Å². The fourth-order valence-electron chi connectivity index (χ4n) is 6.29. The van der Waals surface area contributed by atoms with E-state index in [0.29, 0.717) is 5.92 Å². The number of H-pyrrole nitrogens is 1. The van der Waals surface area contributed by atoms with Crippen LogP contribution in [0.4, 0.5) is 0 Å². The summed E-state index contributed by atoms with van der Waals surface area (Å²) in [7, 11) is 1.73. The van der Waals surface area contributed by atoms with E-state index in [2.05, 4.69) is 53.2 Å². The van der Waals surface area contributed by atoms with Crippen LogP contribution in [0.5, 0.6) is 5.75 Å². The van der Waals surface area contributed by atoms with Gasteiger partial charge in [0.05, 0.1) is 7.11 Å². The summed E-state index contributed by atoms with van der Waals surface area (Å²) in [6.45, 7) is 3.68. The van der Waals surface area contributed by atoms with Gasteiger partial charge in [0, 0.05) is 40.7 Å². The molecule has 2 atom stereocenters. The van der Waals surface area contributed by atoms with E-state index in [4.69, 9.17) is 4.74 Å². The first-order valence-corrected chi connectivity index (χ1v) is 12.2. The van der Waals surface area contributed by atoms with E-state index < -0.39 is 0 Å². The first-order chi connectivity index (χ1) is 16.6. The zero-order chi connectivity index (χ0) is 23.3. The number of ether oxygens (including phenoxy) is 1. The fourth-order valence-corrected chi connectivity index (χ4v) is 6.29. The lowest BCUT2D eigenvalue weighted by molar-refractivity contribution is 0.0501. The van der Waals surface area contributed by atoms with Crippen LogP contribution in [0, 0.1) is 12.8 Å². The van der Waals surface area contributed by atoms with Crippen LogP contribution in [0.25, 0.3) is 10.9 Å². The zero-order valence-corrected chi connectivity index (χ0v) is 19.8. The van der Waals surface area contributed by atoms with E-state index >= 15 is 0 Å². The van der Waals surface area contributed by atoms with Gasteiger partial charge in [-0.2, -0.15) is 0 Å². The van der Waals surface area contributed by atoms with Crippen LogP contribution in [0.1, 0.15) is 39.2 Å². The number of rotatable bonds is 3. The van der Waals surface area contributed by atoms with Crippen molar-refractivity contribution >= 4 is 16.8 Å². The summed E-state index contributed by atoms with van der Waals surface area (Å²) < 4.78 is 5.60. The maximum atomic E-state index is 13.4. The third kappa shape index (κ3) is 3.32. The molecule has 1 aromatic heterocycles. The van der Waals surface area contributed by atoms with Crippen LogP contribution < -0.4 is 4.74 Å². The average Bonchev–Trinajstić information content (AvgIpc) is 3.23. The van der Waals surface area contributed by atoms with Crippen LogP contribution in [0.15, 0.2) is 72.8 Å². The van der Waals surface area contributed by atoms with E-state index in [1.54, 1.807) is 7.11 Å². The van der Waals surface area contributed by atoms with E-state index in [-0.39, 0.29) is 11.3 Å². The smallest absolute Gasteiger partial charge is 0.253 e. The molecule has 1 aliphatic heterocycles. The largest absolute Gasteiger partial charge is 0.497 e. The van der Waals surface area contributed by atoms with Crippen molar-refractivity contribution in [2.45, 2.75) is 31.6 Å². The van der Waals surface area contributed by atoms with E-state index in [0.717, 1.165) is 43.7 Å². The molecule has 4 nitrogen and oxygen atoms in total. The van der Waals surface area contributed by atoms with Crippen molar-refractivity contribution in [2.24, 2.45) is 5.92 Å². The minimum Gasteiger partial charge on any atom is -0.497 e. The summed E-state index contributed by atoms with van der Waals surface area (Å²) in [6.07, 6.45) is 2.87. The van der Waals surface area contributed by atoms with Crippen LogP contribution >= 0.6 is 0 Å². The lowest BCUT2D eigenvalue weighted by Gasteiger charge is -2.51. The molecule has 3 aromatic carbocycles. The van der Waals surface area contributed by atoms with Gasteiger partial charge in [-0.3, -0.25) is 4.79 Å². The number of piperidine rings is 1. The molecule has 172 valence electrons. The lowest BCUT2D eigenvalue weighted by atomic mass is 9.58.